The van der Waals surface area contributed by atoms with Gasteiger partial charge >= 0.3 is 0 Å². The predicted octanol–water partition coefficient (Wildman–Crippen LogP) is 0.0591. The zero-order valence-corrected chi connectivity index (χ0v) is 5.31. The van der Waals surface area contributed by atoms with E-state index in [0.717, 1.165) is 0 Å². The second kappa shape index (κ2) is 2.17. The highest BCUT2D eigenvalue weighted by molar-refractivity contribution is 5.97. The van der Waals surface area contributed by atoms with Gasteiger partial charge in [-0.15, -0.1) is 0 Å². The molecule has 2 amide bonds. The highest BCUT2D eigenvalue weighted by atomic mass is 16.2. The average molecular weight is 127 g/mol. The van der Waals surface area contributed by atoms with Gasteiger partial charge in [0.1, 0.15) is 0 Å². The van der Waals surface area contributed by atoms with Gasteiger partial charge in [-0.25, -0.2) is 0 Å². The molecule has 3 nitrogen and oxygen atoms in total. The van der Waals surface area contributed by atoms with E-state index in [0.29, 0.717) is 12.8 Å². The van der Waals surface area contributed by atoms with Crippen LogP contribution in [0.3, 0.4) is 0 Å². The van der Waals surface area contributed by atoms with Crippen molar-refractivity contribution in [2.24, 2.45) is 5.92 Å². The number of rotatable bonds is 0. The number of amides is 2. The van der Waals surface area contributed by atoms with E-state index in [1.54, 1.807) is 0 Å². The molecule has 0 radical (unpaired) electrons. The number of imide groups is 1. The number of piperidine rings is 1. The summed E-state index contributed by atoms with van der Waals surface area (Å²) in [4.78, 5) is 21.1. The highest BCUT2D eigenvalue weighted by Gasteiger charge is 2.20. The van der Waals surface area contributed by atoms with Crippen LogP contribution in [0.2, 0.25) is 0 Å². The molecule has 1 saturated heterocycles. The molecule has 1 heterocycles. The second-order valence-electron chi connectivity index (χ2n) is 2.48. The minimum atomic E-state index is -0.140. The Morgan fingerprint density at radius 3 is 2.11 bits per heavy atom. The molecule has 0 aromatic carbocycles. The van der Waals surface area contributed by atoms with Crippen LogP contribution in [0.15, 0.2) is 0 Å². The molecular formula is C6H9NO2. The fourth-order valence-electron chi connectivity index (χ4n) is 0.963. The van der Waals surface area contributed by atoms with Crippen molar-refractivity contribution >= 4 is 11.8 Å². The Balaban J connectivity index is 2.53. The lowest BCUT2D eigenvalue weighted by molar-refractivity contribution is -0.134. The SMILES string of the molecule is CC1CC(=O)NC(=O)C1. The summed E-state index contributed by atoms with van der Waals surface area (Å²) in [7, 11) is 0. The normalized spacial score (nSPS) is 21.9. The summed E-state index contributed by atoms with van der Waals surface area (Å²) in [5.41, 5.74) is 0. The van der Waals surface area contributed by atoms with E-state index in [9.17, 15) is 9.59 Å². The van der Waals surface area contributed by atoms with Crippen LogP contribution in [-0.4, -0.2) is 11.8 Å². The first-order valence-corrected chi connectivity index (χ1v) is 3.01. The van der Waals surface area contributed by atoms with Gasteiger partial charge in [-0.3, -0.25) is 14.9 Å². The van der Waals surface area contributed by atoms with Crippen molar-refractivity contribution in [1.82, 2.24) is 5.32 Å². The lowest BCUT2D eigenvalue weighted by atomic mass is 10.00. The molecule has 0 atom stereocenters. The molecule has 1 rings (SSSR count). The third kappa shape index (κ3) is 1.52. The first-order chi connectivity index (χ1) is 4.18. The first-order valence-electron chi connectivity index (χ1n) is 3.01. The van der Waals surface area contributed by atoms with Crippen molar-refractivity contribution in [3.05, 3.63) is 0 Å². The zero-order chi connectivity index (χ0) is 6.85. The van der Waals surface area contributed by atoms with Crippen LogP contribution in [0.4, 0.5) is 0 Å². The third-order valence-electron chi connectivity index (χ3n) is 1.35. The van der Waals surface area contributed by atoms with Crippen LogP contribution >= 0.6 is 0 Å². The number of carbonyl (C=O) groups is 2. The van der Waals surface area contributed by atoms with Gasteiger partial charge in [-0.05, 0) is 5.92 Å². The third-order valence-corrected chi connectivity index (χ3v) is 1.35. The minimum Gasteiger partial charge on any atom is -0.296 e. The lowest BCUT2D eigenvalue weighted by Gasteiger charge is -2.15. The largest absolute Gasteiger partial charge is 0.296 e. The van der Waals surface area contributed by atoms with Crippen LogP contribution in [-0.2, 0) is 9.59 Å². The van der Waals surface area contributed by atoms with Crippen LogP contribution in [0.25, 0.3) is 0 Å². The van der Waals surface area contributed by atoms with Gasteiger partial charge in [-0.2, -0.15) is 0 Å². The molecule has 1 aliphatic heterocycles. The van der Waals surface area contributed by atoms with Crippen LogP contribution in [0.5, 0.6) is 0 Å². The van der Waals surface area contributed by atoms with Crippen molar-refractivity contribution in [1.29, 1.82) is 0 Å². The fourth-order valence-corrected chi connectivity index (χ4v) is 0.963. The predicted molar refractivity (Wildman–Crippen MR) is 31.5 cm³/mol. The molecule has 0 aromatic heterocycles. The number of hydrogen-bond acceptors (Lipinski definition) is 2. The smallest absolute Gasteiger partial charge is 0.226 e. The molecule has 3 heteroatoms. The van der Waals surface area contributed by atoms with E-state index in [-0.39, 0.29) is 17.7 Å². The zero-order valence-electron chi connectivity index (χ0n) is 5.31. The lowest BCUT2D eigenvalue weighted by Crippen LogP contribution is -2.37. The molecule has 0 aliphatic carbocycles. The van der Waals surface area contributed by atoms with E-state index in [4.69, 9.17) is 0 Å². The average Bonchev–Trinajstić information content (AvgIpc) is 1.59. The van der Waals surface area contributed by atoms with Gasteiger partial charge in [0, 0.05) is 12.8 Å². The monoisotopic (exact) mass is 127 g/mol. The van der Waals surface area contributed by atoms with Crippen LogP contribution in [0, 0.1) is 5.92 Å². The molecule has 1 N–H and O–H groups in total. The maximum atomic E-state index is 10.6. The van der Waals surface area contributed by atoms with E-state index in [1.165, 1.54) is 0 Å². The van der Waals surface area contributed by atoms with Gasteiger partial charge < -0.3 is 0 Å². The Kier molecular flexibility index (Phi) is 1.51. The summed E-state index contributed by atoms with van der Waals surface area (Å²) in [5.74, 6) is -0.0521. The molecule has 9 heavy (non-hydrogen) atoms. The summed E-state index contributed by atoms with van der Waals surface area (Å²) >= 11 is 0. The first kappa shape index (κ1) is 6.26. The van der Waals surface area contributed by atoms with Crippen molar-refractivity contribution in [3.8, 4) is 0 Å². The van der Waals surface area contributed by atoms with Crippen molar-refractivity contribution in [3.63, 3.8) is 0 Å². The van der Waals surface area contributed by atoms with Gasteiger partial charge in [0.05, 0.1) is 0 Å². The Bertz CT molecular complexity index is 137. The van der Waals surface area contributed by atoms with Crippen LogP contribution in [0.1, 0.15) is 19.8 Å². The molecule has 0 aromatic rings. The van der Waals surface area contributed by atoms with E-state index < -0.39 is 0 Å². The Labute approximate surface area is 53.4 Å². The molecule has 0 spiro atoms. The van der Waals surface area contributed by atoms with Crippen molar-refractivity contribution in [2.75, 3.05) is 0 Å². The van der Waals surface area contributed by atoms with Crippen molar-refractivity contribution < 1.29 is 9.59 Å². The number of nitrogens with one attached hydrogen (secondary N) is 1. The molecule has 1 fully saturated rings. The molecule has 0 saturated carbocycles. The topological polar surface area (TPSA) is 46.2 Å². The Hall–Kier alpha value is -0.860. The summed E-state index contributed by atoms with van der Waals surface area (Å²) < 4.78 is 0. The summed E-state index contributed by atoms with van der Waals surface area (Å²) in [5, 5.41) is 2.23. The van der Waals surface area contributed by atoms with E-state index in [1.807, 2.05) is 6.92 Å². The number of carbonyl (C=O) groups excluding carboxylic acids is 2. The minimum absolute atomic E-state index is 0.140. The maximum Gasteiger partial charge on any atom is 0.226 e. The summed E-state index contributed by atoms with van der Waals surface area (Å²) in [6.45, 7) is 1.90. The Morgan fingerprint density at radius 2 is 1.78 bits per heavy atom. The van der Waals surface area contributed by atoms with Gasteiger partial charge in [0.25, 0.3) is 0 Å². The highest BCUT2D eigenvalue weighted by Crippen LogP contribution is 2.10. The summed E-state index contributed by atoms with van der Waals surface area (Å²) in [6.07, 6.45) is 0.984. The second-order valence-corrected chi connectivity index (χ2v) is 2.48. The van der Waals surface area contributed by atoms with Gasteiger partial charge in [-0.1, -0.05) is 6.92 Å². The molecule has 0 bridgehead atoms. The number of hydrogen-bond donors (Lipinski definition) is 1. The fraction of sp³-hybridized carbons (Fsp3) is 0.667. The standard InChI is InChI=1S/C6H9NO2/c1-4-2-5(8)7-6(9)3-4/h4H,2-3H2,1H3,(H,7,8,9). The molecule has 50 valence electrons. The quantitative estimate of drug-likeness (QED) is 0.468. The summed E-state index contributed by atoms with van der Waals surface area (Å²) in [6, 6.07) is 0. The van der Waals surface area contributed by atoms with Crippen LogP contribution < -0.4 is 5.32 Å². The Morgan fingerprint density at radius 1 is 1.33 bits per heavy atom. The van der Waals surface area contributed by atoms with E-state index in [2.05, 4.69) is 5.32 Å². The van der Waals surface area contributed by atoms with Crippen molar-refractivity contribution in [2.45, 2.75) is 19.8 Å². The maximum absolute atomic E-state index is 10.6. The van der Waals surface area contributed by atoms with Gasteiger partial charge in [0.2, 0.25) is 11.8 Å². The molecular weight excluding hydrogens is 118 g/mol. The molecule has 0 unspecified atom stereocenters. The van der Waals surface area contributed by atoms with E-state index >= 15 is 0 Å². The molecule has 1 aliphatic rings. The van der Waals surface area contributed by atoms with Gasteiger partial charge in [0.15, 0.2) is 0 Å².